The number of aromatic amines is 1. The fourth-order valence-electron chi connectivity index (χ4n) is 4.84. The maximum absolute atomic E-state index is 13.6. The van der Waals surface area contributed by atoms with Crippen LogP contribution in [-0.4, -0.2) is 65.3 Å². The Bertz CT molecular complexity index is 1380. The molecule has 13 heteroatoms. The van der Waals surface area contributed by atoms with Gasteiger partial charge in [0.2, 0.25) is 11.7 Å². The standard InChI is InChI=1S/C24H22F3N5O5/c1-36-22(35)31-21-29-17-9-8-13(11-18(17)30-21)23(37-20(34)24(25,26)27)16-7-3-2-6-15(16)19(33)32(23)12-14-5-4-10-28-14/h2-3,6-9,11,14,28H,4-5,10,12H2,1H3,(H2,29,30,31,35). The fourth-order valence-corrected chi connectivity index (χ4v) is 4.84. The number of methoxy groups -OCH3 is 1. The first-order valence-electron chi connectivity index (χ1n) is 11.4. The summed E-state index contributed by atoms with van der Waals surface area (Å²) in [5.74, 6) is -2.95. The Morgan fingerprint density at radius 3 is 2.73 bits per heavy atom. The van der Waals surface area contributed by atoms with E-state index >= 15 is 0 Å². The predicted octanol–water partition coefficient (Wildman–Crippen LogP) is 3.26. The summed E-state index contributed by atoms with van der Waals surface area (Å²) < 4.78 is 50.5. The summed E-state index contributed by atoms with van der Waals surface area (Å²) in [5.41, 5.74) is -1.16. The number of imidazole rings is 1. The van der Waals surface area contributed by atoms with Gasteiger partial charge in [0, 0.05) is 29.3 Å². The minimum atomic E-state index is -5.31. The summed E-state index contributed by atoms with van der Waals surface area (Å²) in [5, 5.41) is 5.61. The van der Waals surface area contributed by atoms with E-state index in [0.29, 0.717) is 24.0 Å². The highest BCUT2D eigenvalue weighted by molar-refractivity contribution is 6.01. The van der Waals surface area contributed by atoms with Crippen molar-refractivity contribution in [1.29, 1.82) is 0 Å². The van der Waals surface area contributed by atoms with Gasteiger partial charge in [-0.25, -0.2) is 14.6 Å². The quantitative estimate of drug-likeness (QED) is 0.444. The minimum absolute atomic E-state index is 0.00874. The molecule has 2 aliphatic rings. The van der Waals surface area contributed by atoms with Crippen molar-refractivity contribution < 1.29 is 37.0 Å². The molecule has 0 aliphatic carbocycles. The molecule has 2 amide bonds. The fraction of sp³-hybridized carbons (Fsp3) is 0.333. The molecule has 2 unspecified atom stereocenters. The number of hydrogen-bond donors (Lipinski definition) is 3. The SMILES string of the molecule is COC(=O)Nc1nc2ccc(C3(OC(=O)C(F)(F)F)c4ccccc4C(=O)N3CC3CCCN3)cc2[nH]1. The molecule has 2 atom stereocenters. The number of anilines is 1. The molecule has 3 aromatic rings. The number of H-pyrrole nitrogens is 1. The second kappa shape index (κ2) is 9.07. The summed E-state index contributed by atoms with van der Waals surface area (Å²) in [6, 6.07) is 10.3. The van der Waals surface area contributed by atoms with Gasteiger partial charge in [0.25, 0.3) is 5.91 Å². The number of fused-ring (bicyclic) bond motifs is 2. The molecule has 1 fully saturated rings. The topological polar surface area (TPSA) is 126 Å². The summed E-state index contributed by atoms with van der Waals surface area (Å²) in [6.07, 6.45) is -4.54. The third-order valence-electron chi connectivity index (χ3n) is 6.46. The van der Waals surface area contributed by atoms with Crippen LogP contribution in [0.2, 0.25) is 0 Å². The van der Waals surface area contributed by atoms with Gasteiger partial charge in [-0.1, -0.05) is 24.3 Å². The Hall–Kier alpha value is -4.13. The number of carbonyl (C=O) groups is 3. The average molecular weight is 517 g/mol. The zero-order valence-electron chi connectivity index (χ0n) is 19.5. The molecule has 10 nitrogen and oxygen atoms in total. The third kappa shape index (κ3) is 4.24. The number of benzene rings is 2. The number of ether oxygens (including phenoxy) is 2. The van der Waals surface area contributed by atoms with Crippen LogP contribution in [0.3, 0.4) is 0 Å². The van der Waals surface area contributed by atoms with Crippen LogP contribution in [0.15, 0.2) is 42.5 Å². The average Bonchev–Trinajstić information content (AvgIpc) is 3.58. The number of aromatic nitrogens is 2. The molecule has 1 aromatic heterocycles. The minimum Gasteiger partial charge on any atom is -0.453 e. The highest BCUT2D eigenvalue weighted by atomic mass is 19.4. The van der Waals surface area contributed by atoms with Crippen molar-refractivity contribution in [3.63, 3.8) is 0 Å². The number of nitrogens with zero attached hydrogens (tertiary/aromatic N) is 2. The molecule has 0 saturated carbocycles. The van der Waals surface area contributed by atoms with E-state index in [0.717, 1.165) is 6.42 Å². The summed E-state index contributed by atoms with van der Waals surface area (Å²) in [7, 11) is 1.18. The van der Waals surface area contributed by atoms with Crippen molar-refractivity contribution in [1.82, 2.24) is 20.2 Å². The lowest BCUT2D eigenvalue weighted by molar-refractivity contribution is -0.222. The third-order valence-corrected chi connectivity index (χ3v) is 6.46. The molecule has 0 bridgehead atoms. The van der Waals surface area contributed by atoms with Gasteiger partial charge in [0.15, 0.2) is 0 Å². The molecule has 0 radical (unpaired) electrons. The Kier molecular flexibility index (Phi) is 6.02. The molecule has 3 N–H and O–H groups in total. The van der Waals surface area contributed by atoms with E-state index in [1.54, 1.807) is 12.1 Å². The lowest BCUT2D eigenvalue weighted by atomic mass is 9.92. The number of alkyl halides is 3. The first-order valence-corrected chi connectivity index (χ1v) is 11.4. The zero-order chi connectivity index (χ0) is 26.4. The maximum atomic E-state index is 13.6. The van der Waals surface area contributed by atoms with E-state index in [9.17, 15) is 27.6 Å². The van der Waals surface area contributed by atoms with Crippen LogP contribution in [0, 0.1) is 0 Å². The van der Waals surface area contributed by atoms with Gasteiger partial charge in [-0.2, -0.15) is 13.2 Å². The van der Waals surface area contributed by atoms with Gasteiger partial charge < -0.3 is 19.8 Å². The predicted molar refractivity (Wildman–Crippen MR) is 124 cm³/mol. The van der Waals surface area contributed by atoms with Crippen molar-refractivity contribution in [3.8, 4) is 0 Å². The summed E-state index contributed by atoms with van der Waals surface area (Å²) >= 11 is 0. The van der Waals surface area contributed by atoms with E-state index in [-0.39, 0.29) is 35.2 Å². The van der Waals surface area contributed by atoms with Crippen LogP contribution in [0.4, 0.5) is 23.9 Å². The van der Waals surface area contributed by atoms with Crippen molar-refractivity contribution in [2.75, 3.05) is 25.5 Å². The number of nitrogens with one attached hydrogen (secondary N) is 3. The van der Waals surface area contributed by atoms with Gasteiger partial charge in [0.1, 0.15) is 0 Å². The summed E-state index contributed by atoms with van der Waals surface area (Å²) in [6.45, 7) is 0.708. The first kappa shape index (κ1) is 24.6. The van der Waals surface area contributed by atoms with E-state index in [2.05, 4.69) is 25.3 Å². The van der Waals surface area contributed by atoms with Crippen LogP contribution >= 0.6 is 0 Å². The Morgan fingerprint density at radius 2 is 2.03 bits per heavy atom. The number of amides is 2. The van der Waals surface area contributed by atoms with E-state index in [1.807, 2.05) is 0 Å². The lowest BCUT2D eigenvalue weighted by Crippen LogP contribution is -2.53. The largest absolute Gasteiger partial charge is 0.491 e. The number of halogens is 3. The van der Waals surface area contributed by atoms with Gasteiger partial charge in [-0.3, -0.25) is 15.0 Å². The first-order chi connectivity index (χ1) is 17.6. The Labute approximate surface area is 208 Å². The van der Waals surface area contributed by atoms with Gasteiger partial charge >= 0.3 is 18.2 Å². The van der Waals surface area contributed by atoms with Crippen molar-refractivity contribution in [2.45, 2.75) is 30.8 Å². The van der Waals surface area contributed by atoms with E-state index in [4.69, 9.17) is 4.74 Å². The van der Waals surface area contributed by atoms with Crippen LogP contribution < -0.4 is 10.6 Å². The highest BCUT2D eigenvalue weighted by Gasteiger charge is 2.58. The number of carbonyl (C=O) groups excluding carboxylic acids is 3. The Morgan fingerprint density at radius 1 is 1.24 bits per heavy atom. The lowest BCUT2D eigenvalue weighted by Gasteiger charge is -2.40. The van der Waals surface area contributed by atoms with Crippen molar-refractivity contribution >= 4 is 35.0 Å². The maximum Gasteiger partial charge on any atom is 0.491 e. The second-order valence-corrected chi connectivity index (χ2v) is 8.72. The van der Waals surface area contributed by atoms with Gasteiger partial charge in [0.05, 0.1) is 18.1 Å². The smallest absolute Gasteiger partial charge is 0.453 e. The van der Waals surface area contributed by atoms with Crippen LogP contribution in [0.5, 0.6) is 0 Å². The van der Waals surface area contributed by atoms with Gasteiger partial charge in [-0.15, -0.1) is 0 Å². The molecular formula is C24H22F3N5O5. The monoisotopic (exact) mass is 517 g/mol. The Balaban J connectivity index is 1.69. The van der Waals surface area contributed by atoms with Crippen LogP contribution in [-0.2, 0) is 20.0 Å². The molecule has 5 rings (SSSR count). The molecule has 194 valence electrons. The van der Waals surface area contributed by atoms with E-state index < -0.39 is 29.9 Å². The molecule has 0 spiro atoms. The molecule has 2 aromatic carbocycles. The van der Waals surface area contributed by atoms with Crippen molar-refractivity contribution in [3.05, 3.63) is 59.2 Å². The molecular weight excluding hydrogens is 495 g/mol. The van der Waals surface area contributed by atoms with E-state index in [1.165, 1.54) is 42.3 Å². The van der Waals surface area contributed by atoms with Crippen molar-refractivity contribution in [2.24, 2.45) is 0 Å². The number of rotatable bonds is 5. The summed E-state index contributed by atoms with van der Waals surface area (Å²) in [4.78, 5) is 45.7. The van der Waals surface area contributed by atoms with Crippen LogP contribution in [0.1, 0.15) is 34.3 Å². The molecule has 1 saturated heterocycles. The number of hydrogen-bond acceptors (Lipinski definition) is 7. The molecule has 2 aliphatic heterocycles. The van der Waals surface area contributed by atoms with Gasteiger partial charge in [-0.05, 0) is 37.6 Å². The normalized spacial score (nSPS) is 21.2. The number of esters is 1. The highest BCUT2D eigenvalue weighted by Crippen LogP contribution is 2.47. The zero-order valence-corrected chi connectivity index (χ0v) is 19.5. The second-order valence-electron chi connectivity index (χ2n) is 8.72. The van der Waals surface area contributed by atoms with Crippen LogP contribution in [0.25, 0.3) is 11.0 Å². The molecule has 37 heavy (non-hydrogen) atoms. The molecule has 3 heterocycles.